The number of benzene rings is 2. The van der Waals surface area contributed by atoms with Gasteiger partial charge in [0.1, 0.15) is 5.78 Å². The van der Waals surface area contributed by atoms with E-state index in [1.165, 1.54) is 4.88 Å². The molecule has 2 fully saturated rings. The van der Waals surface area contributed by atoms with Gasteiger partial charge in [0.05, 0.1) is 10.9 Å². The molecule has 166 valence electrons. The lowest BCUT2D eigenvalue weighted by atomic mass is 9.71. The molecule has 1 aliphatic carbocycles. The molecule has 0 radical (unpaired) electrons. The van der Waals surface area contributed by atoms with E-state index in [4.69, 9.17) is 0 Å². The van der Waals surface area contributed by atoms with Crippen molar-refractivity contribution >= 4 is 27.1 Å². The Labute approximate surface area is 194 Å². The van der Waals surface area contributed by atoms with Gasteiger partial charge in [-0.2, -0.15) is 4.31 Å². The second-order valence-corrected chi connectivity index (χ2v) is 11.8. The maximum Gasteiger partial charge on any atom is 0.243 e. The highest BCUT2D eigenvalue weighted by Crippen LogP contribution is 2.48. The molecule has 3 aromatic rings. The predicted molar refractivity (Wildman–Crippen MR) is 127 cm³/mol. The van der Waals surface area contributed by atoms with Crippen molar-refractivity contribution in [2.24, 2.45) is 5.92 Å². The number of carbonyl (C=O) groups excluding carboxylic acids is 1. The first-order chi connectivity index (χ1) is 15.4. The number of aryl methyl sites for hydroxylation is 1. The minimum Gasteiger partial charge on any atom is -0.299 e. The summed E-state index contributed by atoms with van der Waals surface area (Å²) in [6, 6.07) is 20.1. The fraction of sp³-hybridized carbons (Fsp3) is 0.346. The molecule has 1 saturated heterocycles. The van der Waals surface area contributed by atoms with Crippen molar-refractivity contribution in [2.45, 2.75) is 55.5 Å². The smallest absolute Gasteiger partial charge is 0.243 e. The van der Waals surface area contributed by atoms with Crippen LogP contribution in [-0.4, -0.2) is 24.5 Å². The number of rotatable bonds is 4. The van der Waals surface area contributed by atoms with Crippen molar-refractivity contribution in [1.29, 1.82) is 0 Å². The monoisotopic (exact) mass is 465 g/mol. The Morgan fingerprint density at radius 1 is 0.938 bits per heavy atom. The maximum atomic E-state index is 14.1. The zero-order valence-electron chi connectivity index (χ0n) is 18.1. The van der Waals surface area contributed by atoms with E-state index in [1.54, 1.807) is 27.8 Å². The van der Waals surface area contributed by atoms with E-state index in [-0.39, 0.29) is 30.1 Å². The predicted octanol–water partition coefficient (Wildman–Crippen LogP) is 5.71. The van der Waals surface area contributed by atoms with E-state index in [0.29, 0.717) is 11.3 Å². The molecule has 4 nitrogen and oxygen atoms in total. The number of piperidine rings is 1. The zero-order chi connectivity index (χ0) is 22.3. The fourth-order valence-electron chi connectivity index (χ4n) is 5.37. The second-order valence-electron chi connectivity index (χ2n) is 8.94. The van der Waals surface area contributed by atoms with Gasteiger partial charge in [0.25, 0.3) is 0 Å². The lowest BCUT2D eigenvalue weighted by Gasteiger charge is -2.48. The molecule has 0 bridgehead atoms. The molecule has 0 spiro atoms. The van der Waals surface area contributed by atoms with E-state index >= 15 is 0 Å². The quantitative estimate of drug-likeness (QED) is 0.496. The fourth-order valence-corrected chi connectivity index (χ4v) is 8.09. The van der Waals surface area contributed by atoms with Gasteiger partial charge in [-0.3, -0.25) is 4.79 Å². The Balaban J connectivity index is 1.61. The molecular formula is C26H27NO3S2. The van der Waals surface area contributed by atoms with E-state index < -0.39 is 16.1 Å². The van der Waals surface area contributed by atoms with Crippen molar-refractivity contribution < 1.29 is 13.2 Å². The minimum absolute atomic E-state index is 0.198. The van der Waals surface area contributed by atoms with Crippen molar-refractivity contribution in [2.75, 3.05) is 0 Å². The van der Waals surface area contributed by atoms with E-state index in [2.05, 4.69) is 11.4 Å². The summed E-state index contributed by atoms with van der Waals surface area (Å²) >= 11 is 1.72. The highest BCUT2D eigenvalue weighted by atomic mass is 32.2. The highest BCUT2D eigenvalue weighted by molar-refractivity contribution is 7.89. The number of Topliss-reactive ketones (excluding diaryl/α,β-unsaturated/α-hetero) is 1. The molecule has 4 atom stereocenters. The number of fused-ring (bicyclic) bond motifs is 1. The Bertz CT molecular complexity index is 1190. The average Bonchev–Trinajstić information content (AvgIpc) is 3.34. The molecule has 1 saturated carbocycles. The van der Waals surface area contributed by atoms with E-state index in [1.807, 2.05) is 55.5 Å². The van der Waals surface area contributed by atoms with Crippen LogP contribution >= 0.6 is 11.3 Å². The molecule has 4 unspecified atom stereocenters. The Morgan fingerprint density at radius 3 is 2.38 bits per heavy atom. The zero-order valence-corrected chi connectivity index (χ0v) is 19.7. The standard InChI is InChI=1S/C26H27NO3S2/c1-18-9-12-21(13-10-18)32(29,30)27-23(19-6-3-2-4-7-19)17-25(28)22-14-11-20(16-24(22)27)26-8-5-15-31-26/h2-10,12-13,15,20,22-24H,11,14,16-17H2,1H3. The third-order valence-electron chi connectivity index (χ3n) is 6.99. The van der Waals surface area contributed by atoms with Crippen molar-refractivity contribution in [1.82, 2.24) is 4.31 Å². The normalized spacial score (nSPS) is 26.6. The topological polar surface area (TPSA) is 54.5 Å². The van der Waals surface area contributed by atoms with Gasteiger partial charge in [0, 0.05) is 23.3 Å². The molecule has 6 heteroatoms. The van der Waals surface area contributed by atoms with Crippen molar-refractivity contribution in [3.63, 3.8) is 0 Å². The number of carbonyl (C=O) groups is 1. The SMILES string of the molecule is Cc1ccc(S(=O)(=O)N2C(c3ccccc3)CC(=O)C3CCC(c4cccs4)CC32)cc1. The molecule has 32 heavy (non-hydrogen) atoms. The molecule has 2 aliphatic rings. The van der Waals surface area contributed by atoms with Crippen LogP contribution in [0.15, 0.2) is 77.0 Å². The summed E-state index contributed by atoms with van der Waals surface area (Å²) in [5, 5.41) is 2.07. The molecule has 0 amide bonds. The first kappa shape index (κ1) is 21.6. The van der Waals surface area contributed by atoms with Gasteiger partial charge in [-0.25, -0.2) is 8.42 Å². The number of sulfonamides is 1. The third-order valence-corrected chi connectivity index (χ3v) is 9.97. The number of ketones is 1. The molecule has 2 aromatic carbocycles. The summed E-state index contributed by atoms with van der Waals surface area (Å²) in [4.78, 5) is 14.8. The molecular weight excluding hydrogens is 438 g/mol. The summed E-state index contributed by atoms with van der Waals surface area (Å²) in [6.45, 7) is 1.95. The van der Waals surface area contributed by atoms with Crippen LogP contribution in [-0.2, 0) is 14.8 Å². The summed E-state index contributed by atoms with van der Waals surface area (Å²) < 4.78 is 29.8. The van der Waals surface area contributed by atoms with Gasteiger partial charge >= 0.3 is 0 Å². The highest BCUT2D eigenvalue weighted by Gasteiger charge is 2.50. The third kappa shape index (κ3) is 3.85. The van der Waals surface area contributed by atoms with E-state index in [9.17, 15) is 13.2 Å². The largest absolute Gasteiger partial charge is 0.299 e. The van der Waals surface area contributed by atoms with Crippen LogP contribution in [0.2, 0.25) is 0 Å². The van der Waals surface area contributed by atoms with Gasteiger partial charge in [0.2, 0.25) is 10.0 Å². The Hall–Kier alpha value is -2.28. The van der Waals surface area contributed by atoms with Crippen LogP contribution < -0.4 is 0 Å². The molecule has 1 aliphatic heterocycles. The lowest BCUT2D eigenvalue weighted by molar-refractivity contribution is -0.130. The van der Waals surface area contributed by atoms with Crippen LogP contribution in [0.1, 0.15) is 53.6 Å². The number of nitrogens with zero attached hydrogens (tertiary/aromatic N) is 1. The van der Waals surface area contributed by atoms with Gasteiger partial charge in [-0.15, -0.1) is 11.3 Å². The molecule has 5 rings (SSSR count). The first-order valence-corrected chi connectivity index (χ1v) is 13.5. The van der Waals surface area contributed by atoms with E-state index in [0.717, 1.165) is 24.0 Å². The Morgan fingerprint density at radius 2 is 1.69 bits per heavy atom. The minimum atomic E-state index is -3.78. The van der Waals surface area contributed by atoms with Gasteiger partial charge < -0.3 is 0 Å². The summed E-state index contributed by atoms with van der Waals surface area (Å²) in [7, 11) is -3.78. The van der Waals surface area contributed by atoms with Gasteiger partial charge in [-0.1, -0.05) is 54.1 Å². The summed E-state index contributed by atoms with van der Waals surface area (Å²) in [5.41, 5.74) is 1.90. The van der Waals surface area contributed by atoms with Crippen LogP contribution in [0.25, 0.3) is 0 Å². The van der Waals surface area contributed by atoms with Gasteiger partial charge in [-0.05, 0) is 61.2 Å². The number of thiophene rings is 1. The number of hydrogen-bond donors (Lipinski definition) is 0. The average molecular weight is 466 g/mol. The second kappa shape index (κ2) is 8.58. The summed E-state index contributed by atoms with van der Waals surface area (Å²) in [5.74, 6) is 0.254. The van der Waals surface area contributed by atoms with Crippen LogP contribution in [0.3, 0.4) is 0 Å². The molecule has 0 N–H and O–H groups in total. The van der Waals surface area contributed by atoms with Crippen molar-refractivity contribution in [3.8, 4) is 0 Å². The van der Waals surface area contributed by atoms with Crippen LogP contribution in [0.4, 0.5) is 0 Å². The molecule has 1 aromatic heterocycles. The Kier molecular flexibility index (Phi) is 5.78. The van der Waals surface area contributed by atoms with Gasteiger partial charge in [0.15, 0.2) is 0 Å². The molecule has 2 heterocycles. The van der Waals surface area contributed by atoms with Crippen molar-refractivity contribution in [3.05, 3.63) is 88.1 Å². The summed E-state index contributed by atoms with van der Waals surface area (Å²) in [6.07, 6.45) is 2.60. The first-order valence-electron chi connectivity index (χ1n) is 11.2. The van der Waals surface area contributed by atoms with Crippen LogP contribution in [0.5, 0.6) is 0 Å². The lowest BCUT2D eigenvalue weighted by Crippen LogP contribution is -2.55. The maximum absolute atomic E-state index is 14.1. The van der Waals surface area contributed by atoms with Crippen LogP contribution in [0, 0.1) is 12.8 Å². The number of hydrogen-bond acceptors (Lipinski definition) is 4.